The normalized spacial score (nSPS) is 27.8. The molecule has 3 N–H and O–H groups in total. The number of ether oxygens (including phenoxy) is 3. The summed E-state index contributed by atoms with van der Waals surface area (Å²) in [5.41, 5.74) is -2.16. The van der Waals surface area contributed by atoms with Crippen molar-refractivity contribution >= 4 is 5.97 Å². The Hall–Kier alpha value is -2.01. The van der Waals surface area contributed by atoms with Crippen LogP contribution in [0.5, 0.6) is 0 Å². The van der Waals surface area contributed by atoms with Gasteiger partial charge in [-0.1, -0.05) is 0 Å². The molecule has 0 aliphatic carbocycles. The van der Waals surface area contributed by atoms with E-state index < -0.39 is 53.9 Å². The topological polar surface area (TPSA) is 140 Å². The van der Waals surface area contributed by atoms with Gasteiger partial charge in [0.2, 0.25) is 0 Å². The van der Waals surface area contributed by atoms with Gasteiger partial charge in [-0.2, -0.15) is 0 Å². The number of H-pyrrole nitrogens is 1. The first-order valence-corrected chi connectivity index (χ1v) is 6.35. The third-order valence-corrected chi connectivity index (χ3v) is 3.41. The molecule has 0 radical (unpaired) electrons. The highest BCUT2D eigenvalue weighted by Crippen LogP contribution is 2.30. The van der Waals surface area contributed by atoms with Crippen molar-refractivity contribution in [2.75, 3.05) is 20.8 Å². The van der Waals surface area contributed by atoms with Crippen LogP contribution in [0.25, 0.3) is 0 Å². The van der Waals surface area contributed by atoms with Gasteiger partial charge < -0.3 is 24.4 Å². The maximum atomic E-state index is 11.9. The monoisotopic (exact) mass is 316 g/mol. The molecule has 1 fully saturated rings. The Labute approximate surface area is 123 Å². The Morgan fingerprint density at radius 3 is 2.68 bits per heavy atom. The third kappa shape index (κ3) is 2.68. The predicted octanol–water partition coefficient (Wildman–Crippen LogP) is -2.41. The van der Waals surface area contributed by atoms with Crippen molar-refractivity contribution in [2.45, 2.75) is 24.5 Å². The molecule has 0 aromatic carbocycles. The number of aliphatic hydroxyl groups excluding tert-OH is 2. The molecule has 1 aliphatic rings. The van der Waals surface area contributed by atoms with Gasteiger partial charge in [-0.25, -0.2) is 9.59 Å². The lowest BCUT2D eigenvalue weighted by Crippen LogP contribution is -2.40. The quantitative estimate of drug-likeness (QED) is 0.522. The van der Waals surface area contributed by atoms with Gasteiger partial charge in [0.25, 0.3) is 5.56 Å². The summed E-state index contributed by atoms with van der Waals surface area (Å²) in [4.78, 5) is 37.0. The first kappa shape index (κ1) is 16.4. The average molecular weight is 316 g/mol. The summed E-state index contributed by atoms with van der Waals surface area (Å²) in [6.07, 6.45) is -3.26. The smallest absolute Gasteiger partial charge is 0.345 e. The van der Waals surface area contributed by atoms with Crippen LogP contribution in [0.1, 0.15) is 16.6 Å². The van der Waals surface area contributed by atoms with Crippen molar-refractivity contribution in [3.8, 4) is 0 Å². The van der Waals surface area contributed by atoms with Gasteiger partial charge >= 0.3 is 11.7 Å². The molecule has 1 saturated heterocycles. The van der Waals surface area contributed by atoms with E-state index in [-0.39, 0.29) is 0 Å². The first-order valence-electron chi connectivity index (χ1n) is 6.35. The summed E-state index contributed by atoms with van der Waals surface area (Å²) in [5, 5.41) is 19.1. The zero-order valence-corrected chi connectivity index (χ0v) is 11.9. The van der Waals surface area contributed by atoms with Crippen LogP contribution in [0.15, 0.2) is 15.8 Å². The minimum absolute atomic E-state index is 0.400. The highest BCUT2D eigenvalue weighted by atomic mass is 16.6. The number of hydrogen-bond donors (Lipinski definition) is 3. The number of carbonyl (C=O) groups excluding carboxylic acids is 1. The largest absolute Gasteiger partial charge is 0.465 e. The molecular formula is C12H16N2O8. The number of nitrogens with zero attached hydrogens (tertiary/aromatic N) is 1. The fourth-order valence-corrected chi connectivity index (χ4v) is 2.28. The molecule has 22 heavy (non-hydrogen) atoms. The molecule has 4 unspecified atom stereocenters. The lowest BCUT2D eigenvalue weighted by atomic mass is 10.1. The molecule has 4 atom stereocenters. The zero-order chi connectivity index (χ0) is 16.4. The number of aliphatic hydroxyl groups is 2. The molecule has 0 bridgehead atoms. The Kier molecular flexibility index (Phi) is 4.76. The summed E-state index contributed by atoms with van der Waals surface area (Å²) in [5.74, 6) is -0.929. The molecule has 0 saturated carbocycles. The number of rotatable bonds is 4. The van der Waals surface area contributed by atoms with Crippen molar-refractivity contribution in [2.24, 2.45) is 0 Å². The van der Waals surface area contributed by atoms with Crippen LogP contribution >= 0.6 is 0 Å². The molecule has 0 spiro atoms. The van der Waals surface area contributed by atoms with E-state index in [1.807, 2.05) is 4.98 Å². The maximum absolute atomic E-state index is 11.9. The Bertz CT molecular complexity index is 666. The van der Waals surface area contributed by atoms with Gasteiger partial charge in [-0.15, -0.1) is 0 Å². The van der Waals surface area contributed by atoms with Crippen LogP contribution in [0.2, 0.25) is 0 Å². The summed E-state index contributed by atoms with van der Waals surface area (Å²) < 4.78 is 15.8. The highest BCUT2D eigenvalue weighted by Gasteiger charge is 2.45. The van der Waals surface area contributed by atoms with E-state index in [2.05, 4.69) is 4.74 Å². The van der Waals surface area contributed by atoms with E-state index in [1.165, 1.54) is 7.11 Å². The summed E-state index contributed by atoms with van der Waals surface area (Å²) in [6.45, 7) is -0.487. The number of carbonyl (C=O) groups is 1. The molecule has 2 heterocycles. The standard InChI is InChI=1S/C12H16N2O8/c1-20-8-7(16)6(4-15)22-10(8)14-3-5(11(18)21-2)9(17)13-12(14)19/h3,6-8,10,15-16H,4H2,1-2H3,(H,13,17,19). The van der Waals surface area contributed by atoms with Crippen molar-refractivity contribution in [3.05, 3.63) is 32.6 Å². The van der Waals surface area contributed by atoms with Crippen molar-refractivity contribution in [1.82, 2.24) is 9.55 Å². The molecule has 1 aromatic rings. The summed E-state index contributed by atoms with van der Waals surface area (Å²) in [7, 11) is 2.38. The van der Waals surface area contributed by atoms with E-state index in [0.717, 1.165) is 17.9 Å². The van der Waals surface area contributed by atoms with E-state index in [1.54, 1.807) is 0 Å². The molecule has 2 rings (SSSR count). The zero-order valence-electron chi connectivity index (χ0n) is 11.9. The second-order valence-corrected chi connectivity index (χ2v) is 4.64. The van der Waals surface area contributed by atoms with E-state index >= 15 is 0 Å². The van der Waals surface area contributed by atoms with Gasteiger partial charge in [0, 0.05) is 13.3 Å². The predicted molar refractivity (Wildman–Crippen MR) is 70.5 cm³/mol. The molecule has 10 heteroatoms. The minimum atomic E-state index is -1.18. The van der Waals surface area contributed by atoms with Gasteiger partial charge in [0.05, 0.1) is 13.7 Å². The average Bonchev–Trinajstić information content (AvgIpc) is 2.82. The molecular weight excluding hydrogens is 300 g/mol. The molecule has 122 valence electrons. The lowest BCUT2D eigenvalue weighted by Gasteiger charge is -2.20. The second-order valence-electron chi connectivity index (χ2n) is 4.64. The summed E-state index contributed by atoms with van der Waals surface area (Å²) in [6, 6.07) is 0. The van der Waals surface area contributed by atoms with Crippen LogP contribution in [-0.4, -0.2) is 64.9 Å². The number of hydrogen-bond acceptors (Lipinski definition) is 8. The minimum Gasteiger partial charge on any atom is -0.465 e. The van der Waals surface area contributed by atoms with E-state index in [9.17, 15) is 19.5 Å². The third-order valence-electron chi connectivity index (χ3n) is 3.41. The number of esters is 1. The van der Waals surface area contributed by atoms with Crippen LogP contribution in [-0.2, 0) is 14.2 Å². The van der Waals surface area contributed by atoms with Gasteiger partial charge in [0.1, 0.15) is 23.9 Å². The van der Waals surface area contributed by atoms with Crippen LogP contribution in [0.3, 0.4) is 0 Å². The molecule has 1 aromatic heterocycles. The second kappa shape index (κ2) is 6.40. The van der Waals surface area contributed by atoms with Crippen molar-refractivity contribution in [1.29, 1.82) is 0 Å². The van der Waals surface area contributed by atoms with E-state index in [4.69, 9.17) is 14.6 Å². The van der Waals surface area contributed by atoms with Gasteiger partial charge in [0.15, 0.2) is 6.23 Å². The van der Waals surface area contributed by atoms with Gasteiger partial charge in [-0.3, -0.25) is 14.3 Å². The Morgan fingerprint density at radius 2 is 2.14 bits per heavy atom. The molecule has 1 aliphatic heterocycles. The first-order chi connectivity index (χ1) is 10.4. The number of nitrogens with one attached hydrogen (secondary N) is 1. The van der Waals surface area contributed by atoms with Crippen LogP contribution in [0.4, 0.5) is 0 Å². The van der Waals surface area contributed by atoms with Crippen LogP contribution < -0.4 is 11.2 Å². The fraction of sp³-hybridized carbons (Fsp3) is 0.583. The summed E-state index contributed by atoms with van der Waals surface area (Å²) >= 11 is 0. The highest BCUT2D eigenvalue weighted by molar-refractivity contribution is 5.88. The Balaban J connectivity index is 2.50. The number of methoxy groups -OCH3 is 2. The Morgan fingerprint density at radius 1 is 1.45 bits per heavy atom. The SMILES string of the molecule is COC(=O)c1cn(C2OC(CO)C(O)C2OC)c(=O)[nH]c1=O. The fourth-order valence-electron chi connectivity index (χ4n) is 2.28. The molecule has 0 amide bonds. The maximum Gasteiger partial charge on any atom is 0.345 e. The van der Waals surface area contributed by atoms with Crippen LogP contribution in [0, 0.1) is 0 Å². The lowest BCUT2D eigenvalue weighted by molar-refractivity contribution is -0.0626. The van der Waals surface area contributed by atoms with Crippen molar-refractivity contribution in [3.63, 3.8) is 0 Å². The van der Waals surface area contributed by atoms with E-state index in [0.29, 0.717) is 0 Å². The van der Waals surface area contributed by atoms with Crippen molar-refractivity contribution < 1.29 is 29.2 Å². The number of aromatic nitrogens is 2. The van der Waals surface area contributed by atoms with Gasteiger partial charge in [-0.05, 0) is 0 Å². The number of aromatic amines is 1. The molecule has 10 nitrogen and oxygen atoms in total.